The minimum absolute atomic E-state index is 0.0651. The lowest BCUT2D eigenvalue weighted by Gasteiger charge is -2.08. The first-order chi connectivity index (χ1) is 9.69. The Labute approximate surface area is 124 Å². The quantitative estimate of drug-likeness (QED) is 0.692. The van der Waals surface area contributed by atoms with Crippen molar-refractivity contribution in [1.29, 1.82) is 0 Å². The molecule has 0 amide bonds. The average Bonchev–Trinajstić information content (AvgIpc) is 3.05. The summed E-state index contributed by atoms with van der Waals surface area (Å²) in [5, 5.41) is 4.20. The number of nitrogens with zero attached hydrogens (tertiary/aromatic N) is 4. The highest BCUT2D eigenvalue weighted by atomic mass is 35.5. The molecule has 0 saturated carbocycles. The molecule has 0 atom stereocenters. The number of hydrogen-bond donors (Lipinski definition) is 0. The summed E-state index contributed by atoms with van der Waals surface area (Å²) in [5.41, 5.74) is 1.34. The number of hydrogen-bond acceptors (Lipinski definition) is 2. The molecule has 0 unspecified atom stereocenters. The molecule has 0 spiro atoms. The van der Waals surface area contributed by atoms with Gasteiger partial charge in [0.1, 0.15) is 11.6 Å². The summed E-state index contributed by atoms with van der Waals surface area (Å²) in [6.07, 6.45) is 3.59. The van der Waals surface area contributed by atoms with Crippen molar-refractivity contribution in [2.75, 3.05) is 0 Å². The lowest BCUT2D eigenvalue weighted by molar-refractivity contribution is 0.532. The molecule has 1 aromatic carbocycles. The molecule has 0 N–H and O–H groups in total. The van der Waals surface area contributed by atoms with Crippen LogP contribution in [0.3, 0.4) is 0 Å². The number of aryl methyl sites for hydroxylation is 2. The molecule has 104 valence electrons. The zero-order valence-corrected chi connectivity index (χ0v) is 11.9. The van der Waals surface area contributed by atoms with Crippen LogP contribution in [0.4, 0.5) is 4.39 Å². The highest BCUT2D eigenvalue weighted by molar-refractivity contribution is 6.31. The monoisotopic (exact) mass is 312 g/mol. The van der Waals surface area contributed by atoms with Gasteiger partial charge in [0.05, 0.1) is 28.5 Å². The number of rotatable bonds is 4. The van der Waals surface area contributed by atoms with Crippen LogP contribution >= 0.6 is 23.2 Å². The lowest BCUT2D eigenvalue weighted by atomic mass is 10.3. The number of aromatic nitrogens is 4. The van der Waals surface area contributed by atoms with Crippen molar-refractivity contribution >= 4 is 34.2 Å². The fourth-order valence-electron chi connectivity index (χ4n) is 2.16. The van der Waals surface area contributed by atoms with E-state index in [1.807, 2.05) is 16.8 Å². The Hall–Kier alpha value is -1.59. The molecule has 3 aromatic rings. The van der Waals surface area contributed by atoms with Crippen LogP contribution in [0.25, 0.3) is 11.0 Å². The van der Waals surface area contributed by atoms with Gasteiger partial charge in [0, 0.05) is 25.0 Å². The van der Waals surface area contributed by atoms with E-state index < -0.39 is 5.82 Å². The molecule has 4 nitrogen and oxygen atoms in total. The van der Waals surface area contributed by atoms with Gasteiger partial charge < -0.3 is 4.57 Å². The Morgan fingerprint density at radius 1 is 1.25 bits per heavy atom. The fraction of sp³-hybridized carbons (Fsp3) is 0.231. The topological polar surface area (TPSA) is 35.6 Å². The Morgan fingerprint density at radius 2 is 2.10 bits per heavy atom. The summed E-state index contributed by atoms with van der Waals surface area (Å²) in [7, 11) is 0. The fourth-order valence-corrected chi connectivity index (χ4v) is 2.52. The van der Waals surface area contributed by atoms with Gasteiger partial charge >= 0.3 is 0 Å². The van der Waals surface area contributed by atoms with Gasteiger partial charge in [-0.25, -0.2) is 9.37 Å². The molecule has 0 radical (unpaired) electrons. The third-order valence-electron chi connectivity index (χ3n) is 3.10. The van der Waals surface area contributed by atoms with Crippen molar-refractivity contribution in [3.05, 3.63) is 47.3 Å². The molecule has 0 aliphatic rings. The molecule has 3 rings (SSSR count). The second-order valence-corrected chi connectivity index (χ2v) is 5.01. The number of halogens is 3. The highest BCUT2D eigenvalue weighted by Crippen LogP contribution is 2.24. The van der Waals surface area contributed by atoms with E-state index in [4.69, 9.17) is 23.2 Å². The first-order valence-corrected chi connectivity index (χ1v) is 6.98. The Bertz CT molecular complexity index is 736. The smallest absolute Gasteiger partial charge is 0.144 e. The second kappa shape index (κ2) is 5.42. The van der Waals surface area contributed by atoms with E-state index in [1.165, 1.54) is 12.1 Å². The maximum absolute atomic E-state index is 13.6. The summed E-state index contributed by atoms with van der Waals surface area (Å²) < 4.78 is 17.3. The van der Waals surface area contributed by atoms with Gasteiger partial charge in [-0.3, -0.25) is 4.68 Å². The summed E-state index contributed by atoms with van der Waals surface area (Å²) in [6.45, 7) is 1.27. The van der Waals surface area contributed by atoms with Crippen LogP contribution in [-0.4, -0.2) is 19.3 Å². The van der Waals surface area contributed by atoms with Crippen molar-refractivity contribution in [3.8, 4) is 0 Å². The Kier molecular flexibility index (Phi) is 3.63. The van der Waals surface area contributed by atoms with E-state index in [2.05, 4.69) is 10.1 Å². The third kappa shape index (κ3) is 2.39. The third-order valence-corrected chi connectivity index (χ3v) is 3.63. The standard InChI is InChI=1S/C13H11Cl2FN4/c14-8-13-18-11-6-9(15)10(16)7-12(11)20(13)5-4-19-3-1-2-17-19/h1-3,6-7H,4-5,8H2. The summed E-state index contributed by atoms with van der Waals surface area (Å²) in [4.78, 5) is 4.38. The molecule has 0 fully saturated rings. The normalized spacial score (nSPS) is 11.3. The van der Waals surface area contributed by atoms with Crippen LogP contribution < -0.4 is 0 Å². The molecule has 0 saturated heterocycles. The van der Waals surface area contributed by atoms with Gasteiger partial charge in [0.25, 0.3) is 0 Å². The van der Waals surface area contributed by atoms with Crippen molar-refractivity contribution in [2.24, 2.45) is 0 Å². The van der Waals surface area contributed by atoms with Gasteiger partial charge in [0.2, 0.25) is 0 Å². The van der Waals surface area contributed by atoms with E-state index in [0.29, 0.717) is 29.9 Å². The van der Waals surface area contributed by atoms with E-state index in [1.54, 1.807) is 10.9 Å². The van der Waals surface area contributed by atoms with Crippen molar-refractivity contribution in [2.45, 2.75) is 19.0 Å². The van der Waals surface area contributed by atoms with E-state index >= 15 is 0 Å². The van der Waals surface area contributed by atoms with Gasteiger partial charge in [-0.2, -0.15) is 5.10 Å². The predicted octanol–water partition coefficient (Wildman–Crippen LogP) is 3.46. The average molecular weight is 313 g/mol. The van der Waals surface area contributed by atoms with Crippen LogP contribution in [0.2, 0.25) is 5.02 Å². The number of imidazole rings is 1. The predicted molar refractivity (Wildman–Crippen MR) is 76.5 cm³/mol. The van der Waals surface area contributed by atoms with Crippen LogP contribution in [0.1, 0.15) is 5.82 Å². The van der Waals surface area contributed by atoms with Gasteiger partial charge in [-0.1, -0.05) is 11.6 Å². The molecule has 2 aromatic heterocycles. The minimum Gasteiger partial charge on any atom is -0.325 e. The van der Waals surface area contributed by atoms with Crippen molar-refractivity contribution in [3.63, 3.8) is 0 Å². The van der Waals surface area contributed by atoms with Crippen LogP contribution in [0, 0.1) is 5.82 Å². The zero-order valence-electron chi connectivity index (χ0n) is 10.4. The second-order valence-electron chi connectivity index (χ2n) is 4.34. The van der Waals surface area contributed by atoms with E-state index in [0.717, 1.165) is 0 Å². The first kappa shape index (κ1) is 13.4. The molecule has 2 heterocycles. The number of benzene rings is 1. The summed E-state index contributed by atoms with van der Waals surface area (Å²) in [6, 6.07) is 4.77. The largest absolute Gasteiger partial charge is 0.325 e. The molecule has 0 aliphatic carbocycles. The highest BCUT2D eigenvalue weighted by Gasteiger charge is 2.13. The van der Waals surface area contributed by atoms with Gasteiger partial charge in [-0.15, -0.1) is 11.6 Å². The molecule has 7 heteroatoms. The molecular weight excluding hydrogens is 302 g/mol. The van der Waals surface area contributed by atoms with Crippen LogP contribution in [0.5, 0.6) is 0 Å². The maximum Gasteiger partial charge on any atom is 0.144 e. The summed E-state index contributed by atoms with van der Waals surface area (Å²) >= 11 is 11.7. The van der Waals surface area contributed by atoms with Gasteiger partial charge in [-0.05, 0) is 12.1 Å². The number of alkyl halides is 1. The van der Waals surface area contributed by atoms with Crippen molar-refractivity contribution < 1.29 is 4.39 Å². The molecule has 20 heavy (non-hydrogen) atoms. The lowest BCUT2D eigenvalue weighted by Crippen LogP contribution is -2.10. The summed E-state index contributed by atoms with van der Waals surface area (Å²) in [5.74, 6) is 0.489. The minimum atomic E-state index is -0.458. The van der Waals surface area contributed by atoms with E-state index in [-0.39, 0.29) is 10.9 Å². The van der Waals surface area contributed by atoms with E-state index in [9.17, 15) is 4.39 Å². The molecular formula is C13H11Cl2FN4. The van der Waals surface area contributed by atoms with Crippen LogP contribution in [0.15, 0.2) is 30.6 Å². The Balaban J connectivity index is 2.01. The SMILES string of the molecule is Fc1cc2c(cc1Cl)nc(CCl)n2CCn1cccn1. The van der Waals surface area contributed by atoms with Crippen LogP contribution in [-0.2, 0) is 19.0 Å². The maximum atomic E-state index is 13.6. The molecule has 0 aliphatic heterocycles. The number of fused-ring (bicyclic) bond motifs is 1. The Morgan fingerprint density at radius 3 is 2.80 bits per heavy atom. The first-order valence-electron chi connectivity index (χ1n) is 6.06. The van der Waals surface area contributed by atoms with Gasteiger partial charge in [0.15, 0.2) is 0 Å². The molecule has 0 bridgehead atoms. The zero-order chi connectivity index (χ0) is 14.1. The van der Waals surface area contributed by atoms with Crippen molar-refractivity contribution in [1.82, 2.24) is 19.3 Å².